The van der Waals surface area contributed by atoms with Crippen LogP contribution in [0.4, 0.5) is 0 Å². The summed E-state index contributed by atoms with van der Waals surface area (Å²) >= 11 is 0. The van der Waals surface area contributed by atoms with Crippen LogP contribution in [0.5, 0.6) is 5.75 Å². The van der Waals surface area contributed by atoms with Crippen LogP contribution in [0.1, 0.15) is 12.8 Å². The van der Waals surface area contributed by atoms with E-state index in [2.05, 4.69) is 0 Å². The molecule has 0 bridgehead atoms. The van der Waals surface area contributed by atoms with Gasteiger partial charge < -0.3 is 14.7 Å². The second kappa shape index (κ2) is 6.39. The monoisotopic (exact) mass is 339 g/mol. The predicted octanol–water partition coefficient (Wildman–Crippen LogP) is 2.79. The number of likely N-dealkylation sites (tertiary alicyclic amines) is 1. The van der Waals surface area contributed by atoms with E-state index in [4.69, 9.17) is 4.74 Å². The molecule has 1 aliphatic heterocycles. The molecule has 0 spiro atoms. The standard InChI is InChI=1S/C20H21NO4/c22-19(21-10-16(14-8-9-14)17(11-21)20(23)24)12-25-18-7-3-5-13-4-1-2-6-15(13)18/h1-7,14,16-17H,8-12H2,(H,23,24)/t16-,17+/m1/s1. The molecule has 0 aromatic heterocycles. The maximum Gasteiger partial charge on any atom is 0.308 e. The summed E-state index contributed by atoms with van der Waals surface area (Å²) in [5.41, 5.74) is 0. The summed E-state index contributed by atoms with van der Waals surface area (Å²) in [5.74, 6) is -0.116. The van der Waals surface area contributed by atoms with Crippen LogP contribution in [-0.2, 0) is 9.59 Å². The van der Waals surface area contributed by atoms with Gasteiger partial charge in [-0.15, -0.1) is 0 Å². The number of rotatable bonds is 5. The largest absolute Gasteiger partial charge is 0.483 e. The average molecular weight is 339 g/mol. The first-order valence-electron chi connectivity index (χ1n) is 8.74. The zero-order chi connectivity index (χ0) is 17.4. The van der Waals surface area contributed by atoms with Crippen molar-refractivity contribution in [3.05, 3.63) is 42.5 Å². The van der Waals surface area contributed by atoms with Crippen molar-refractivity contribution < 1.29 is 19.4 Å². The SMILES string of the molecule is O=C(O)[C@H]1CN(C(=O)COc2cccc3ccccc23)C[C@@H]1C1CC1. The molecule has 1 saturated heterocycles. The Bertz CT molecular complexity index is 809. The third-order valence-electron chi connectivity index (χ3n) is 5.36. The molecule has 0 unspecified atom stereocenters. The number of hydrogen-bond donors (Lipinski definition) is 1. The van der Waals surface area contributed by atoms with Crippen LogP contribution in [0, 0.1) is 17.8 Å². The Balaban J connectivity index is 1.43. The fraction of sp³-hybridized carbons (Fsp3) is 0.400. The van der Waals surface area contributed by atoms with Crippen LogP contribution in [0.25, 0.3) is 10.8 Å². The van der Waals surface area contributed by atoms with Crippen molar-refractivity contribution in [3.63, 3.8) is 0 Å². The molecule has 1 N–H and O–H groups in total. The van der Waals surface area contributed by atoms with E-state index in [1.54, 1.807) is 4.90 Å². The van der Waals surface area contributed by atoms with Crippen LogP contribution < -0.4 is 4.74 Å². The van der Waals surface area contributed by atoms with Crippen LogP contribution >= 0.6 is 0 Å². The Morgan fingerprint density at radius 1 is 1.08 bits per heavy atom. The minimum absolute atomic E-state index is 0.0578. The van der Waals surface area contributed by atoms with Crippen molar-refractivity contribution in [1.82, 2.24) is 4.90 Å². The molecule has 2 atom stereocenters. The van der Waals surface area contributed by atoms with Crippen LogP contribution in [-0.4, -0.2) is 41.6 Å². The maximum absolute atomic E-state index is 12.5. The number of nitrogens with zero attached hydrogens (tertiary/aromatic N) is 1. The van der Waals surface area contributed by atoms with Crippen molar-refractivity contribution in [1.29, 1.82) is 0 Å². The lowest BCUT2D eigenvalue weighted by atomic mass is 9.92. The molecule has 2 fully saturated rings. The van der Waals surface area contributed by atoms with Gasteiger partial charge in [-0.05, 0) is 36.1 Å². The third kappa shape index (κ3) is 3.18. The van der Waals surface area contributed by atoms with Gasteiger partial charge >= 0.3 is 5.97 Å². The van der Waals surface area contributed by atoms with Gasteiger partial charge in [-0.3, -0.25) is 9.59 Å². The summed E-state index contributed by atoms with van der Waals surface area (Å²) in [6, 6.07) is 13.6. The summed E-state index contributed by atoms with van der Waals surface area (Å²) in [4.78, 5) is 25.6. The van der Waals surface area contributed by atoms with E-state index >= 15 is 0 Å². The number of amides is 1. The highest BCUT2D eigenvalue weighted by molar-refractivity contribution is 5.88. The summed E-state index contributed by atoms with van der Waals surface area (Å²) < 4.78 is 5.76. The Kier molecular flexibility index (Phi) is 4.07. The van der Waals surface area contributed by atoms with Gasteiger partial charge in [0.15, 0.2) is 6.61 Å². The fourth-order valence-electron chi connectivity index (χ4n) is 3.85. The summed E-state index contributed by atoms with van der Waals surface area (Å²) in [6.45, 7) is 0.783. The molecule has 25 heavy (non-hydrogen) atoms. The molecule has 0 radical (unpaired) electrons. The normalized spacial score (nSPS) is 23.0. The molecule has 1 aliphatic carbocycles. The highest BCUT2D eigenvalue weighted by Crippen LogP contribution is 2.44. The highest BCUT2D eigenvalue weighted by Gasteiger charge is 2.46. The van der Waals surface area contributed by atoms with Gasteiger partial charge in [-0.1, -0.05) is 36.4 Å². The molecule has 2 aromatic rings. The minimum Gasteiger partial charge on any atom is -0.483 e. The first-order valence-corrected chi connectivity index (χ1v) is 8.74. The maximum atomic E-state index is 12.5. The quantitative estimate of drug-likeness (QED) is 0.910. The van der Waals surface area contributed by atoms with Gasteiger partial charge in [0, 0.05) is 18.5 Å². The van der Waals surface area contributed by atoms with Crippen molar-refractivity contribution in [2.75, 3.05) is 19.7 Å². The van der Waals surface area contributed by atoms with Gasteiger partial charge in [-0.25, -0.2) is 0 Å². The van der Waals surface area contributed by atoms with Gasteiger partial charge in [0.05, 0.1) is 5.92 Å². The molecule has 4 rings (SSSR count). The zero-order valence-electron chi connectivity index (χ0n) is 13.9. The number of aliphatic carboxylic acids is 1. The lowest BCUT2D eigenvalue weighted by molar-refractivity contribution is -0.142. The first-order chi connectivity index (χ1) is 12.1. The molecule has 2 aliphatic rings. The van der Waals surface area contributed by atoms with E-state index in [-0.39, 0.29) is 18.4 Å². The second-order valence-electron chi connectivity index (χ2n) is 7.01. The topological polar surface area (TPSA) is 66.8 Å². The lowest BCUT2D eigenvalue weighted by Gasteiger charge is -2.17. The van der Waals surface area contributed by atoms with Crippen LogP contribution in [0.2, 0.25) is 0 Å². The van der Waals surface area contributed by atoms with Gasteiger partial charge in [0.25, 0.3) is 5.91 Å². The molecule has 1 amide bonds. The number of hydrogen-bond acceptors (Lipinski definition) is 3. The number of carbonyl (C=O) groups is 2. The number of ether oxygens (including phenoxy) is 1. The zero-order valence-corrected chi connectivity index (χ0v) is 13.9. The number of carboxylic acid groups (broad SMARTS) is 1. The molecule has 1 saturated carbocycles. The molecule has 5 nitrogen and oxygen atoms in total. The van der Waals surface area contributed by atoms with Gasteiger partial charge in [0.2, 0.25) is 0 Å². The molecular weight excluding hydrogens is 318 g/mol. The van der Waals surface area contributed by atoms with E-state index in [0.717, 1.165) is 23.6 Å². The Hall–Kier alpha value is -2.56. The Morgan fingerprint density at radius 3 is 2.60 bits per heavy atom. The van der Waals surface area contributed by atoms with E-state index < -0.39 is 11.9 Å². The van der Waals surface area contributed by atoms with E-state index in [1.807, 2.05) is 42.5 Å². The van der Waals surface area contributed by atoms with Crippen molar-refractivity contribution in [2.45, 2.75) is 12.8 Å². The fourth-order valence-corrected chi connectivity index (χ4v) is 3.85. The molecular formula is C20H21NO4. The number of carbonyl (C=O) groups excluding carboxylic acids is 1. The molecule has 2 aromatic carbocycles. The summed E-state index contributed by atoms with van der Waals surface area (Å²) in [6.07, 6.45) is 2.17. The molecule has 5 heteroatoms. The highest BCUT2D eigenvalue weighted by atomic mass is 16.5. The third-order valence-corrected chi connectivity index (χ3v) is 5.36. The Labute approximate surface area is 146 Å². The molecule has 1 heterocycles. The lowest BCUT2D eigenvalue weighted by Crippen LogP contribution is -2.34. The van der Waals surface area contributed by atoms with Crippen molar-refractivity contribution in [3.8, 4) is 5.75 Å². The second-order valence-corrected chi connectivity index (χ2v) is 7.01. The van der Waals surface area contributed by atoms with E-state index in [9.17, 15) is 14.7 Å². The first kappa shape index (κ1) is 15.9. The van der Waals surface area contributed by atoms with E-state index in [0.29, 0.717) is 24.8 Å². The van der Waals surface area contributed by atoms with Gasteiger partial charge in [0.1, 0.15) is 5.75 Å². The smallest absolute Gasteiger partial charge is 0.308 e. The Morgan fingerprint density at radius 2 is 1.84 bits per heavy atom. The van der Waals surface area contributed by atoms with Crippen molar-refractivity contribution in [2.24, 2.45) is 17.8 Å². The average Bonchev–Trinajstić information content (AvgIpc) is 3.37. The van der Waals surface area contributed by atoms with Crippen LogP contribution in [0.15, 0.2) is 42.5 Å². The number of carboxylic acids is 1. The van der Waals surface area contributed by atoms with Gasteiger partial charge in [-0.2, -0.15) is 0 Å². The summed E-state index contributed by atoms with van der Waals surface area (Å²) in [7, 11) is 0. The summed E-state index contributed by atoms with van der Waals surface area (Å²) in [5, 5.41) is 11.5. The predicted molar refractivity (Wildman–Crippen MR) is 93.4 cm³/mol. The van der Waals surface area contributed by atoms with Crippen LogP contribution in [0.3, 0.4) is 0 Å². The number of fused-ring (bicyclic) bond motifs is 1. The molecule has 130 valence electrons. The minimum atomic E-state index is -0.790. The number of benzene rings is 2. The van der Waals surface area contributed by atoms with Crippen molar-refractivity contribution >= 4 is 22.6 Å². The van der Waals surface area contributed by atoms with E-state index in [1.165, 1.54) is 0 Å².